The van der Waals surface area contributed by atoms with Crippen molar-refractivity contribution in [3.63, 3.8) is 0 Å². The number of nitro groups is 1. The number of anilines is 2. The molecule has 2 rings (SSSR count). The first-order valence-electron chi connectivity index (χ1n) is 3.25. The number of benzene rings is 1. The summed E-state index contributed by atoms with van der Waals surface area (Å²) in [4.78, 5) is 14.9. The summed E-state index contributed by atoms with van der Waals surface area (Å²) < 4.78 is 0. The van der Waals surface area contributed by atoms with Gasteiger partial charge in [0.05, 0.1) is 10.9 Å². The van der Waals surface area contributed by atoms with Crippen LogP contribution in [0.3, 0.4) is 0 Å². The van der Waals surface area contributed by atoms with Crippen molar-refractivity contribution >= 4 is 11.4 Å². The van der Waals surface area contributed by atoms with Crippen molar-refractivity contribution in [3.05, 3.63) is 34.4 Å². The standard InChI is InChI=1S/C6H5N3O3/c10-9(11)8-6-4-2-1-3-5(6)7-12-8/h1-4,7H. The molecule has 1 aliphatic rings. The number of hydrogen-bond acceptors (Lipinski definition) is 4. The first-order valence-corrected chi connectivity index (χ1v) is 3.25. The largest absolute Gasteiger partial charge is 0.234 e. The van der Waals surface area contributed by atoms with Gasteiger partial charge in [0.25, 0.3) is 0 Å². The van der Waals surface area contributed by atoms with Crippen LogP contribution < -0.4 is 10.7 Å². The predicted octanol–water partition coefficient (Wildman–Crippen LogP) is 0.957. The Balaban J connectivity index is 2.42. The Morgan fingerprint density at radius 2 is 2.25 bits per heavy atom. The second-order valence-corrected chi connectivity index (χ2v) is 2.22. The van der Waals surface area contributed by atoms with Crippen molar-refractivity contribution in [2.75, 3.05) is 10.7 Å². The Kier molecular flexibility index (Phi) is 1.34. The highest BCUT2D eigenvalue weighted by Gasteiger charge is 2.28. The lowest BCUT2D eigenvalue weighted by atomic mass is 10.3. The van der Waals surface area contributed by atoms with E-state index >= 15 is 0 Å². The zero-order valence-electron chi connectivity index (χ0n) is 5.93. The van der Waals surface area contributed by atoms with Crippen molar-refractivity contribution in [1.29, 1.82) is 0 Å². The summed E-state index contributed by atoms with van der Waals surface area (Å²) in [5, 5.41) is 10.3. The fourth-order valence-corrected chi connectivity index (χ4v) is 0.990. The second-order valence-electron chi connectivity index (χ2n) is 2.22. The first-order chi connectivity index (χ1) is 5.79. The highest BCUT2D eigenvalue weighted by molar-refractivity contribution is 5.69. The van der Waals surface area contributed by atoms with E-state index in [1.807, 2.05) is 0 Å². The third-order valence-electron chi connectivity index (χ3n) is 1.50. The fraction of sp³-hybridized carbons (Fsp3) is 0. The summed E-state index contributed by atoms with van der Waals surface area (Å²) in [6, 6.07) is 6.75. The number of rotatable bonds is 1. The molecule has 0 saturated heterocycles. The first kappa shape index (κ1) is 6.86. The van der Waals surface area contributed by atoms with E-state index in [-0.39, 0.29) is 0 Å². The second kappa shape index (κ2) is 2.35. The molecule has 1 heterocycles. The quantitative estimate of drug-likeness (QED) is 0.498. The molecule has 0 saturated carbocycles. The normalized spacial score (nSPS) is 13.8. The summed E-state index contributed by atoms with van der Waals surface area (Å²) in [7, 11) is 0. The van der Waals surface area contributed by atoms with Gasteiger partial charge in [-0.25, -0.2) is 15.6 Å². The van der Waals surface area contributed by atoms with Gasteiger partial charge in [-0.2, -0.15) is 0 Å². The van der Waals surface area contributed by atoms with Crippen LogP contribution in [0.2, 0.25) is 0 Å². The Hall–Kier alpha value is -1.82. The molecule has 62 valence electrons. The molecule has 1 aliphatic heterocycles. The number of nitrogens with one attached hydrogen (secondary N) is 1. The molecule has 6 nitrogen and oxygen atoms in total. The average molecular weight is 167 g/mol. The zero-order valence-corrected chi connectivity index (χ0v) is 5.93. The molecule has 0 spiro atoms. The van der Waals surface area contributed by atoms with Crippen LogP contribution in [0.4, 0.5) is 11.4 Å². The molecule has 1 N–H and O–H groups in total. The van der Waals surface area contributed by atoms with Crippen LogP contribution in [0.5, 0.6) is 0 Å². The maximum Gasteiger partial charge on any atom is 0.194 e. The maximum absolute atomic E-state index is 10.3. The summed E-state index contributed by atoms with van der Waals surface area (Å²) >= 11 is 0. The van der Waals surface area contributed by atoms with Crippen molar-refractivity contribution in [3.8, 4) is 0 Å². The van der Waals surface area contributed by atoms with Crippen LogP contribution >= 0.6 is 0 Å². The summed E-state index contributed by atoms with van der Waals surface area (Å²) in [6.07, 6.45) is 0. The minimum Gasteiger partial charge on any atom is -0.234 e. The van der Waals surface area contributed by atoms with Crippen LogP contribution in [0.25, 0.3) is 0 Å². The molecule has 12 heavy (non-hydrogen) atoms. The molecular formula is C6H5N3O3. The van der Waals surface area contributed by atoms with Crippen molar-refractivity contribution in [2.45, 2.75) is 0 Å². The van der Waals surface area contributed by atoms with Crippen LogP contribution in [-0.4, -0.2) is 5.03 Å². The smallest absolute Gasteiger partial charge is 0.194 e. The van der Waals surface area contributed by atoms with Gasteiger partial charge in [-0.05, 0) is 12.1 Å². The van der Waals surface area contributed by atoms with Crippen LogP contribution in [0, 0.1) is 10.1 Å². The lowest BCUT2D eigenvalue weighted by Crippen LogP contribution is -2.26. The minimum absolute atomic E-state index is 0.405. The van der Waals surface area contributed by atoms with E-state index in [9.17, 15) is 10.1 Å². The van der Waals surface area contributed by atoms with E-state index in [0.717, 1.165) is 0 Å². The number of nitrogens with zero attached hydrogens (tertiary/aromatic N) is 2. The number of hydrazine groups is 1. The molecule has 1 aromatic carbocycles. The highest BCUT2D eigenvalue weighted by Crippen LogP contribution is 2.30. The van der Waals surface area contributed by atoms with E-state index < -0.39 is 5.03 Å². The molecule has 0 fully saturated rings. The van der Waals surface area contributed by atoms with Crippen molar-refractivity contribution < 1.29 is 9.97 Å². The van der Waals surface area contributed by atoms with Gasteiger partial charge < -0.3 is 0 Å². The van der Waals surface area contributed by atoms with Crippen molar-refractivity contribution in [1.82, 2.24) is 0 Å². The maximum atomic E-state index is 10.3. The SMILES string of the molecule is O=[N+]([O-])N1ONc2ccccc21. The molecule has 0 unspecified atom stereocenters. The Morgan fingerprint density at radius 1 is 1.50 bits per heavy atom. The molecule has 0 bridgehead atoms. The molecule has 6 heteroatoms. The molecule has 0 aromatic heterocycles. The Labute approximate surface area is 67.4 Å². The van der Waals surface area contributed by atoms with Gasteiger partial charge in [-0.15, -0.1) is 0 Å². The third-order valence-corrected chi connectivity index (χ3v) is 1.50. The zero-order chi connectivity index (χ0) is 8.55. The summed E-state index contributed by atoms with van der Waals surface area (Å²) in [5.41, 5.74) is 3.41. The number of hydrogen-bond donors (Lipinski definition) is 1. The van der Waals surface area contributed by atoms with Gasteiger partial charge in [-0.1, -0.05) is 17.1 Å². The third kappa shape index (κ3) is 0.857. The van der Waals surface area contributed by atoms with Crippen molar-refractivity contribution in [2.24, 2.45) is 0 Å². The van der Waals surface area contributed by atoms with E-state index in [4.69, 9.17) is 0 Å². The summed E-state index contributed by atoms with van der Waals surface area (Å²) in [6.45, 7) is 0. The topological polar surface area (TPSA) is 67.6 Å². The van der Waals surface area contributed by atoms with Crippen LogP contribution in [-0.2, 0) is 4.94 Å². The van der Waals surface area contributed by atoms with E-state index in [2.05, 4.69) is 10.4 Å². The summed E-state index contributed by atoms with van der Waals surface area (Å²) in [5.74, 6) is 0. The van der Waals surface area contributed by atoms with Gasteiger partial charge in [0, 0.05) is 0 Å². The number of para-hydroxylation sites is 2. The molecule has 0 radical (unpaired) electrons. The fourth-order valence-electron chi connectivity index (χ4n) is 0.990. The molecular weight excluding hydrogens is 162 g/mol. The Bertz CT molecular complexity index is 328. The van der Waals surface area contributed by atoms with E-state index in [1.54, 1.807) is 24.3 Å². The Morgan fingerprint density at radius 3 is 3.00 bits per heavy atom. The molecule has 0 atom stereocenters. The van der Waals surface area contributed by atoms with Gasteiger partial charge in [0.15, 0.2) is 10.7 Å². The van der Waals surface area contributed by atoms with E-state index in [1.165, 1.54) is 0 Å². The molecule has 1 aromatic rings. The molecule has 0 aliphatic carbocycles. The number of fused-ring (bicyclic) bond motifs is 1. The highest BCUT2D eigenvalue weighted by atomic mass is 16.9. The molecule has 0 amide bonds. The lowest BCUT2D eigenvalue weighted by Gasteiger charge is -2.00. The lowest BCUT2D eigenvalue weighted by molar-refractivity contribution is -0.541. The van der Waals surface area contributed by atoms with Gasteiger partial charge >= 0.3 is 0 Å². The van der Waals surface area contributed by atoms with Crippen LogP contribution in [0.15, 0.2) is 24.3 Å². The predicted molar refractivity (Wildman–Crippen MR) is 40.6 cm³/mol. The monoisotopic (exact) mass is 167 g/mol. The van der Waals surface area contributed by atoms with Gasteiger partial charge in [0.2, 0.25) is 0 Å². The van der Waals surface area contributed by atoms with Crippen LogP contribution in [0.1, 0.15) is 0 Å². The van der Waals surface area contributed by atoms with E-state index in [0.29, 0.717) is 16.5 Å². The van der Waals surface area contributed by atoms with Gasteiger partial charge in [0.1, 0.15) is 0 Å². The van der Waals surface area contributed by atoms with Gasteiger partial charge in [-0.3, -0.25) is 0 Å². The average Bonchev–Trinajstić information content (AvgIpc) is 2.47. The minimum atomic E-state index is -0.640.